The molecule has 1 unspecified atom stereocenters. The fourth-order valence-electron chi connectivity index (χ4n) is 2.49. The predicted molar refractivity (Wildman–Crippen MR) is 78.3 cm³/mol. The van der Waals surface area contributed by atoms with E-state index in [2.05, 4.69) is 38.2 Å². The van der Waals surface area contributed by atoms with Crippen molar-refractivity contribution in [2.45, 2.75) is 39.3 Å². The fourth-order valence-corrected chi connectivity index (χ4v) is 2.49. The molecule has 3 heteroatoms. The van der Waals surface area contributed by atoms with Gasteiger partial charge in [-0.2, -0.15) is 0 Å². The number of nitrogens with one attached hydrogen (secondary N) is 1. The van der Waals surface area contributed by atoms with Crippen molar-refractivity contribution < 1.29 is 9.15 Å². The molecule has 0 spiro atoms. The Morgan fingerprint density at radius 2 is 2.00 bits per heavy atom. The van der Waals surface area contributed by atoms with E-state index < -0.39 is 0 Å². The van der Waals surface area contributed by atoms with Crippen LogP contribution >= 0.6 is 0 Å². The maximum Gasteiger partial charge on any atom is 0.134 e. The van der Waals surface area contributed by atoms with Gasteiger partial charge in [-0.25, -0.2) is 0 Å². The van der Waals surface area contributed by atoms with Gasteiger partial charge in [0.1, 0.15) is 11.3 Å². The van der Waals surface area contributed by atoms with E-state index in [-0.39, 0.29) is 11.6 Å². The molecule has 0 radical (unpaired) electrons. The largest absolute Gasteiger partial charge is 0.459 e. The Kier molecular flexibility index (Phi) is 4.27. The summed E-state index contributed by atoms with van der Waals surface area (Å²) in [7, 11) is 0. The summed E-state index contributed by atoms with van der Waals surface area (Å²) in [6.07, 6.45) is 0. The molecule has 19 heavy (non-hydrogen) atoms. The molecular weight excluding hydrogens is 238 g/mol. The number of hydrogen-bond donors (Lipinski definition) is 1. The second kappa shape index (κ2) is 5.76. The quantitative estimate of drug-likeness (QED) is 0.856. The SMILES string of the molecule is CCNC(c1cc2ccccc2o1)C(C)(C)OCC. The minimum Gasteiger partial charge on any atom is -0.459 e. The standard InChI is InChI=1S/C16H23NO2/c1-5-17-15(16(3,4)18-6-2)14-11-12-9-7-8-10-13(12)19-14/h7-11,15,17H,5-6H2,1-4H3. The average molecular weight is 261 g/mol. The van der Waals surface area contributed by atoms with Crippen LogP contribution in [0, 0.1) is 0 Å². The van der Waals surface area contributed by atoms with Gasteiger partial charge in [0, 0.05) is 12.0 Å². The Morgan fingerprint density at radius 3 is 2.63 bits per heavy atom. The van der Waals surface area contributed by atoms with Gasteiger partial charge < -0.3 is 14.5 Å². The molecule has 0 aliphatic carbocycles. The van der Waals surface area contributed by atoms with Gasteiger partial charge in [0.2, 0.25) is 0 Å². The summed E-state index contributed by atoms with van der Waals surface area (Å²) in [5.74, 6) is 0.932. The van der Waals surface area contributed by atoms with Crippen LogP contribution in [0.25, 0.3) is 11.0 Å². The van der Waals surface area contributed by atoms with Crippen LogP contribution < -0.4 is 5.32 Å². The first kappa shape index (κ1) is 14.1. The Morgan fingerprint density at radius 1 is 1.26 bits per heavy atom. The van der Waals surface area contributed by atoms with E-state index in [1.54, 1.807) is 0 Å². The second-order valence-corrected chi connectivity index (χ2v) is 5.21. The van der Waals surface area contributed by atoms with Crippen LogP contribution in [-0.4, -0.2) is 18.8 Å². The normalized spacial score (nSPS) is 13.9. The number of likely N-dealkylation sites (N-methyl/N-ethyl adjacent to an activating group) is 1. The van der Waals surface area contributed by atoms with Crippen molar-refractivity contribution in [1.82, 2.24) is 5.32 Å². The van der Waals surface area contributed by atoms with Gasteiger partial charge in [-0.05, 0) is 39.4 Å². The summed E-state index contributed by atoms with van der Waals surface area (Å²) in [5, 5.41) is 4.60. The molecule has 2 aromatic rings. The van der Waals surface area contributed by atoms with Crippen molar-refractivity contribution in [2.24, 2.45) is 0 Å². The van der Waals surface area contributed by atoms with Crippen LogP contribution in [-0.2, 0) is 4.74 Å². The number of furan rings is 1. The number of para-hydroxylation sites is 1. The topological polar surface area (TPSA) is 34.4 Å². The van der Waals surface area contributed by atoms with Gasteiger partial charge in [0.15, 0.2) is 0 Å². The third kappa shape index (κ3) is 2.99. The third-order valence-electron chi connectivity index (χ3n) is 3.35. The van der Waals surface area contributed by atoms with Crippen LogP contribution in [0.1, 0.15) is 39.5 Å². The predicted octanol–water partition coefficient (Wildman–Crippen LogP) is 3.90. The first-order valence-electron chi connectivity index (χ1n) is 6.94. The number of benzene rings is 1. The molecule has 1 aromatic heterocycles. The summed E-state index contributed by atoms with van der Waals surface area (Å²) in [5.41, 5.74) is 0.617. The molecule has 1 heterocycles. The van der Waals surface area contributed by atoms with Gasteiger partial charge in [-0.15, -0.1) is 0 Å². The highest BCUT2D eigenvalue weighted by Gasteiger charge is 2.33. The lowest BCUT2D eigenvalue weighted by Gasteiger charge is -2.33. The highest BCUT2D eigenvalue weighted by atomic mass is 16.5. The molecule has 3 nitrogen and oxygen atoms in total. The minimum atomic E-state index is -0.307. The fraction of sp³-hybridized carbons (Fsp3) is 0.500. The zero-order valence-corrected chi connectivity index (χ0v) is 12.2. The Labute approximate surface area is 114 Å². The van der Waals surface area contributed by atoms with Crippen LogP contribution in [0.2, 0.25) is 0 Å². The first-order chi connectivity index (χ1) is 9.08. The van der Waals surface area contributed by atoms with Crippen LogP contribution in [0.5, 0.6) is 0 Å². The monoisotopic (exact) mass is 261 g/mol. The van der Waals surface area contributed by atoms with Crippen LogP contribution in [0.15, 0.2) is 34.7 Å². The lowest BCUT2D eigenvalue weighted by atomic mass is 9.96. The van der Waals surface area contributed by atoms with Crippen molar-refractivity contribution in [3.63, 3.8) is 0 Å². The maximum absolute atomic E-state index is 5.97. The molecule has 0 saturated carbocycles. The summed E-state index contributed by atoms with van der Waals surface area (Å²) < 4.78 is 11.8. The van der Waals surface area contributed by atoms with Crippen molar-refractivity contribution >= 4 is 11.0 Å². The number of fused-ring (bicyclic) bond motifs is 1. The smallest absolute Gasteiger partial charge is 0.134 e. The van der Waals surface area contributed by atoms with Gasteiger partial charge in [-0.3, -0.25) is 0 Å². The van der Waals surface area contributed by atoms with Gasteiger partial charge in [-0.1, -0.05) is 25.1 Å². The van der Waals surface area contributed by atoms with Gasteiger partial charge in [0.05, 0.1) is 11.6 Å². The lowest BCUT2D eigenvalue weighted by molar-refractivity contribution is -0.0433. The second-order valence-electron chi connectivity index (χ2n) is 5.21. The van der Waals surface area contributed by atoms with E-state index >= 15 is 0 Å². The van der Waals surface area contributed by atoms with E-state index in [0.717, 1.165) is 23.3 Å². The van der Waals surface area contributed by atoms with E-state index in [1.165, 1.54) is 0 Å². The van der Waals surface area contributed by atoms with E-state index in [1.807, 2.05) is 25.1 Å². The molecule has 0 saturated heterocycles. The third-order valence-corrected chi connectivity index (χ3v) is 3.35. The van der Waals surface area contributed by atoms with Crippen molar-refractivity contribution in [2.75, 3.05) is 13.2 Å². The van der Waals surface area contributed by atoms with E-state index in [0.29, 0.717) is 6.61 Å². The summed E-state index contributed by atoms with van der Waals surface area (Å²) in [6.45, 7) is 9.86. The molecule has 104 valence electrons. The Bertz CT molecular complexity index is 497. The molecule has 2 rings (SSSR count). The van der Waals surface area contributed by atoms with Crippen molar-refractivity contribution in [3.05, 3.63) is 36.1 Å². The average Bonchev–Trinajstić information content (AvgIpc) is 2.78. The molecule has 0 aliphatic heterocycles. The highest BCUT2D eigenvalue weighted by molar-refractivity contribution is 5.77. The molecular formula is C16H23NO2. The maximum atomic E-state index is 5.97. The molecule has 1 N–H and O–H groups in total. The number of hydrogen-bond acceptors (Lipinski definition) is 3. The van der Waals surface area contributed by atoms with Crippen molar-refractivity contribution in [3.8, 4) is 0 Å². The number of ether oxygens (including phenoxy) is 1. The molecule has 0 bridgehead atoms. The summed E-state index contributed by atoms with van der Waals surface area (Å²) >= 11 is 0. The zero-order valence-electron chi connectivity index (χ0n) is 12.2. The van der Waals surface area contributed by atoms with E-state index in [4.69, 9.17) is 9.15 Å². The van der Waals surface area contributed by atoms with Crippen LogP contribution in [0.3, 0.4) is 0 Å². The number of rotatable bonds is 6. The molecule has 1 aromatic carbocycles. The highest BCUT2D eigenvalue weighted by Crippen LogP contribution is 2.32. The molecule has 0 fully saturated rings. The van der Waals surface area contributed by atoms with Crippen molar-refractivity contribution in [1.29, 1.82) is 0 Å². The Hall–Kier alpha value is -1.32. The first-order valence-corrected chi connectivity index (χ1v) is 6.94. The minimum absolute atomic E-state index is 0.0462. The summed E-state index contributed by atoms with van der Waals surface area (Å²) in [4.78, 5) is 0. The summed E-state index contributed by atoms with van der Waals surface area (Å²) in [6, 6.07) is 10.2. The van der Waals surface area contributed by atoms with Gasteiger partial charge >= 0.3 is 0 Å². The van der Waals surface area contributed by atoms with Crippen LogP contribution in [0.4, 0.5) is 0 Å². The molecule has 0 aliphatic rings. The Balaban J connectivity index is 2.37. The molecule has 1 atom stereocenters. The zero-order chi connectivity index (χ0) is 13.9. The lowest BCUT2D eigenvalue weighted by Crippen LogP contribution is -2.41. The van der Waals surface area contributed by atoms with E-state index in [9.17, 15) is 0 Å². The van der Waals surface area contributed by atoms with Gasteiger partial charge in [0.25, 0.3) is 0 Å². The molecule has 0 amide bonds.